The maximum Gasteiger partial charge on any atom is 0.243 e. The summed E-state index contributed by atoms with van der Waals surface area (Å²) >= 11 is 1.28. The number of benzene rings is 2. The topological polar surface area (TPSA) is 58.2 Å². The molecule has 2 N–H and O–H groups in total. The molecule has 0 saturated carbocycles. The van der Waals surface area contributed by atoms with Gasteiger partial charge in [-0.15, -0.1) is 11.8 Å². The normalized spacial score (nSPS) is 19.4. The van der Waals surface area contributed by atoms with Crippen LogP contribution < -0.4 is 10.6 Å². The molecule has 0 unspecified atom stereocenters. The van der Waals surface area contributed by atoms with E-state index in [2.05, 4.69) is 10.6 Å². The van der Waals surface area contributed by atoms with Crippen LogP contribution in [-0.4, -0.2) is 28.9 Å². The number of hydrogen-bond donors (Lipinski definition) is 2. The van der Waals surface area contributed by atoms with Crippen LogP contribution in [0.1, 0.15) is 11.1 Å². The number of thioether (sulfide) groups is 1. The fourth-order valence-corrected chi connectivity index (χ4v) is 3.95. The fourth-order valence-electron chi connectivity index (χ4n) is 2.78. The van der Waals surface area contributed by atoms with Crippen molar-refractivity contribution in [1.29, 1.82) is 0 Å². The van der Waals surface area contributed by atoms with Crippen molar-refractivity contribution >= 4 is 23.6 Å². The molecule has 4 nitrogen and oxygen atoms in total. The average Bonchev–Trinajstić information content (AvgIpc) is 2.62. The van der Waals surface area contributed by atoms with E-state index in [0.717, 1.165) is 18.2 Å². The Hall–Kier alpha value is -2.48. The smallest absolute Gasteiger partial charge is 0.243 e. The van der Waals surface area contributed by atoms with E-state index < -0.39 is 28.8 Å². The summed E-state index contributed by atoms with van der Waals surface area (Å²) in [6, 6.07) is 8.50. The third kappa shape index (κ3) is 5.03. The van der Waals surface area contributed by atoms with E-state index in [-0.39, 0.29) is 30.3 Å². The van der Waals surface area contributed by atoms with Crippen molar-refractivity contribution in [2.45, 2.75) is 24.3 Å². The summed E-state index contributed by atoms with van der Waals surface area (Å²) in [5, 5.41) is 4.70. The number of carbonyl (C=O) groups excluding carboxylic acids is 2. The van der Waals surface area contributed by atoms with Gasteiger partial charge in [0, 0.05) is 18.4 Å². The maximum absolute atomic E-state index is 13.7. The number of rotatable bonds is 5. The van der Waals surface area contributed by atoms with Gasteiger partial charge in [0.15, 0.2) is 0 Å². The van der Waals surface area contributed by atoms with Gasteiger partial charge in [-0.05, 0) is 35.7 Å². The Bertz CT molecular complexity index is 842. The average molecular weight is 394 g/mol. The molecule has 27 heavy (non-hydrogen) atoms. The molecule has 0 bridgehead atoms. The lowest BCUT2D eigenvalue weighted by molar-refractivity contribution is -0.128. The summed E-state index contributed by atoms with van der Waals surface area (Å²) < 4.78 is 40.1. The monoisotopic (exact) mass is 394 g/mol. The van der Waals surface area contributed by atoms with Crippen molar-refractivity contribution in [3.63, 3.8) is 0 Å². The van der Waals surface area contributed by atoms with E-state index in [1.165, 1.54) is 17.8 Å². The van der Waals surface area contributed by atoms with Gasteiger partial charge in [-0.1, -0.05) is 18.2 Å². The lowest BCUT2D eigenvalue weighted by Crippen LogP contribution is -2.54. The van der Waals surface area contributed by atoms with Gasteiger partial charge in [0.1, 0.15) is 23.5 Å². The van der Waals surface area contributed by atoms with Crippen LogP contribution in [0.4, 0.5) is 13.2 Å². The second-order valence-electron chi connectivity index (χ2n) is 6.17. The zero-order valence-corrected chi connectivity index (χ0v) is 15.0. The molecule has 0 aromatic heterocycles. The highest BCUT2D eigenvalue weighted by Crippen LogP contribution is 2.23. The zero-order valence-electron chi connectivity index (χ0n) is 14.2. The van der Waals surface area contributed by atoms with Gasteiger partial charge in [-0.3, -0.25) is 9.59 Å². The summed E-state index contributed by atoms with van der Waals surface area (Å²) in [4.78, 5) is 24.5. The molecule has 8 heteroatoms. The van der Waals surface area contributed by atoms with Gasteiger partial charge in [0.2, 0.25) is 11.8 Å². The van der Waals surface area contributed by atoms with Crippen LogP contribution >= 0.6 is 11.8 Å². The first-order chi connectivity index (χ1) is 12.9. The van der Waals surface area contributed by atoms with Crippen molar-refractivity contribution in [1.82, 2.24) is 10.6 Å². The van der Waals surface area contributed by atoms with Crippen molar-refractivity contribution < 1.29 is 22.8 Å². The van der Waals surface area contributed by atoms with Gasteiger partial charge < -0.3 is 10.6 Å². The molecule has 0 spiro atoms. The molecular formula is C19H17F3N2O2S. The lowest BCUT2D eigenvalue weighted by atomic mass is 10.1. The van der Waals surface area contributed by atoms with Crippen LogP contribution in [0, 0.1) is 17.5 Å². The molecule has 0 radical (unpaired) electrons. The Morgan fingerprint density at radius 3 is 2.52 bits per heavy atom. The molecule has 2 aromatic rings. The lowest BCUT2D eigenvalue weighted by Gasteiger charge is -2.28. The molecule has 2 atom stereocenters. The van der Waals surface area contributed by atoms with E-state index in [4.69, 9.17) is 0 Å². The minimum atomic E-state index is -0.752. The first kappa shape index (κ1) is 19.3. The second-order valence-corrected chi connectivity index (χ2v) is 7.41. The summed E-state index contributed by atoms with van der Waals surface area (Å²) in [6.45, 7) is -0.0524. The molecule has 0 aliphatic carbocycles. The predicted molar refractivity (Wildman–Crippen MR) is 96.5 cm³/mol. The molecule has 1 aliphatic heterocycles. The third-order valence-electron chi connectivity index (χ3n) is 4.14. The number of nitrogens with one attached hydrogen (secondary N) is 2. The van der Waals surface area contributed by atoms with Crippen LogP contribution in [0.5, 0.6) is 0 Å². The summed E-state index contributed by atoms with van der Waals surface area (Å²) in [5.74, 6) is -2.27. The SMILES string of the molecule is O=C(NCc1cc(F)cc(F)c1)[C@H]1CS[C@H](Cc2ccccc2F)C(=O)N1. The molecule has 2 aromatic carbocycles. The van der Waals surface area contributed by atoms with Gasteiger partial charge in [0.05, 0.1) is 5.25 Å². The molecule has 3 rings (SSSR count). The third-order valence-corrected chi connectivity index (χ3v) is 5.45. The Kier molecular flexibility index (Phi) is 6.05. The van der Waals surface area contributed by atoms with Gasteiger partial charge in [-0.2, -0.15) is 0 Å². The van der Waals surface area contributed by atoms with Crippen molar-refractivity contribution in [2.24, 2.45) is 0 Å². The van der Waals surface area contributed by atoms with E-state index in [1.807, 2.05) is 0 Å². The van der Waals surface area contributed by atoms with Crippen LogP contribution in [0.3, 0.4) is 0 Å². The summed E-state index contributed by atoms with van der Waals surface area (Å²) in [5.41, 5.74) is 0.731. The van der Waals surface area contributed by atoms with Crippen LogP contribution in [0.15, 0.2) is 42.5 Å². The molecule has 142 valence electrons. The van der Waals surface area contributed by atoms with Crippen LogP contribution in [0.2, 0.25) is 0 Å². The zero-order chi connectivity index (χ0) is 19.4. The first-order valence-electron chi connectivity index (χ1n) is 8.30. The highest BCUT2D eigenvalue weighted by molar-refractivity contribution is 8.00. The van der Waals surface area contributed by atoms with E-state index in [1.54, 1.807) is 18.2 Å². The quantitative estimate of drug-likeness (QED) is 0.820. The Morgan fingerprint density at radius 1 is 1.15 bits per heavy atom. The molecule has 1 heterocycles. The highest BCUT2D eigenvalue weighted by atomic mass is 32.2. The van der Waals surface area contributed by atoms with Crippen LogP contribution in [0.25, 0.3) is 0 Å². The standard InChI is InChI=1S/C19H17F3N2O2S/c20-13-5-11(6-14(21)8-13)9-23-18(25)16-10-27-17(19(26)24-16)7-12-3-1-2-4-15(12)22/h1-6,8,16-17H,7,9-10H2,(H,23,25)(H,24,26)/t16-,17-/m1/s1. The molecule has 1 fully saturated rings. The largest absolute Gasteiger partial charge is 0.350 e. The van der Waals surface area contributed by atoms with Gasteiger partial charge in [0.25, 0.3) is 0 Å². The highest BCUT2D eigenvalue weighted by Gasteiger charge is 2.32. The van der Waals surface area contributed by atoms with E-state index in [0.29, 0.717) is 11.3 Å². The van der Waals surface area contributed by atoms with Gasteiger partial charge in [-0.25, -0.2) is 13.2 Å². The molecular weight excluding hydrogens is 377 g/mol. The Labute approximate surface area is 158 Å². The predicted octanol–water partition coefficient (Wildman–Crippen LogP) is 2.56. The van der Waals surface area contributed by atoms with Crippen molar-refractivity contribution in [3.8, 4) is 0 Å². The van der Waals surface area contributed by atoms with Crippen LogP contribution in [-0.2, 0) is 22.6 Å². The van der Waals surface area contributed by atoms with Crippen molar-refractivity contribution in [3.05, 3.63) is 71.0 Å². The second kappa shape index (κ2) is 8.47. The van der Waals surface area contributed by atoms with Gasteiger partial charge >= 0.3 is 0 Å². The number of amides is 2. The number of carbonyl (C=O) groups is 2. The van der Waals surface area contributed by atoms with E-state index in [9.17, 15) is 22.8 Å². The summed E-state index contributed by atoms with van der Waals surface area (Å²) in [6.07, 6.45) is 0.236. The number of halogens is 3. The van der Waals surface area contributed by atoms with E-state index >= 15 is 0 Å². The minimum Gasteiger partial charge on any atom is -0.350 e. The minimum absolute atomic E-state index is 0.0524. The summed E-state index contributed by atoms with van der Waals surface area (Å²) in [7, 11) is 0. The fraction of sp³-hybridized carbons (Fsp3) is 0.263. The molecule has 1 saturated heterocycles. The maximum atomic E-state index is 13.7. The molecule has 2 amide bonds. The number of hydrogen-bond acceptors (Lipinski definition) is 3. The Balaban J connectivity index is 1.53. The first-order valence-corrected chi connectivity index (χ1v) is 9.35. The molecule has 1 aliphatic rings. The van der Waals surface area contributed by atoms with Crippen molar-refractivity contribution in [2.75, 3.05) is 5.75 Å². The Morgan fingerprint density at radius 2 is 1.85 bits per heavy atom.